The lowest BCUT2D eigenvalue weighted by atomic mass is 9.87. The Kier molecular flexibility index (Phi) is 4.67. The van der Waals surface area contributed by atoms with Gasteiger partial charge >= 0.3 is 0 Å². The minimum Gasteiger partial charge on any atom is -0.0628 e. The van der Waals surface area contributed by atoms with Gasteiger partial charge in [0.05, 0.1) is 0 Å². The van der Waals surface area contributed by atoms with Crippen LogP contribution >= 0.6 is 0 Å². The highest BCUT2D eigenvalue weighted by Crippen LogP contribution is 2.22. The monoisotopic (exact) mass is 309 g/mol. The van der Waals surface area contributed by atoms with Crippen molar-refractivity contribution in [3.8, 4) is 0 Å². The zero-order valence-corrected chi connectivity index (χ0v) is 16.1. The lowest BCUT2D eigenvalue weighted by Crippen LogP contribution is -2.39. The first-order chi connectivity index (χ1) is 10.1. The first-order valence-electron chi connectivity index (χ1n) is 8.14. The van der Waals surface area contributed by atoms with Crippen LogP contribution < -0.4 is 10.4 Å². The second-order valence-electron chi connectivity index (χ2n) is 8.28. The van der Waals surface area contributed by atoms with E-state index in [2.05, 4.69) is 96.6 Å². The maximum Gasteiger partial charge on any atom is 0.118 e. The molecule has 0 unspecified atom stereocenters. The van der Waals surface area contributed by atoms with Crippen LogP contribution in [-0.2, 0) is 10.8 Å². The summed E-state index contributed by atoms with van der Waals surface area (Å²) in [6.45, 7) is 16.0. The molecule has 0 heterocycles. The molecule has 0 nitrogen and oxygen atoms in total. The lowest BCUT2D eigenvalue weighted by molar-refractivity contribution is 0.590. The first kappa shape index (κ1) is 17.0. The Labute approximate surface area is 138 Å². The summed E-state index contributed by atoms with van der Waals surface area (Å²) in [5.74, 6) is 0. The van der Waals surface area contributed by atoms with Crippen molar-refractivity contribution in [3.05, 3.63) is 59.7 Å². The molecule has 0 bridgehead atoms. The van der Waals surface area contributed by atoms with Crippen molar-refractivity contribution in [2.75, 3.05) is 0 Å². The van der Waals surface area contributed by atoms with Crippen LogP contribution in [0, 0.1) is 0 Å². The Morgan fingerprint density at radius 1 is 0.545 bits per heavy atom. The van der Waals surface area contributed by atoms with Crippen LogP contribution in [0.4, 0.5) is 0 Å². The summed E-state index contributed by atoms with van der Waals surface area (Å²) < 4.78 is 0. The van der Waals surface area contributed by atoms with Crippen LogP contribution in [0.2, 0.25) is 6.55 Å². The molecular formula is C21H29Si. The molecule has 22 heavy (non-hydrogen) atoms. The average Bonchev–Trinajstić information content (AvgIpc) is 2.45. The van der Waals surface area contributed by atoms with E-state index in [0.29, 0.717) is 0 Å². The van der Waals surface area contributed by atoms with Gasteiger partial charge in [-0.15, -0.1) is 0 Å². The van der Waals surface area contributed by atoms with E-state index in [1.165, 1.54) is 21.5 Å². The average molecular weight is 310 g/mol. The standard InChI is InChI=1S/C21H29Si/c1-20(2,3)16-8-12-18(13-9-16)22(7)19-14-10-17(11-15-19)21(4,5)6/h8-15H,1-7H3. The number of hydrogen-bond acceptors (Lipinski definition) is 0. The topological polar surface area (TPSA) is 0 Å². The van der Waals surface area contributed by atoms with Crippen LogP contribution in [0.15, 0.2) is 48.5 Å². The summed E-state index contributed by atoms with van der Waals surface area (Å²) in [5.41, 5.74) is 3.28. The molecule has 0 aliphatic rings. The van der Waals surface area contributed by atoms with Gasteiger partial charge < -0.3 is 0 Å². The highest BCUT2D eigenvalue weighted by Gasteiger charge is 2.17. The van der Waals surface area contributed by atoms with E-state index < -0.39 is 8.80 Å². The minimum atomic E-state index is -0.668. The number of rotatable bonds is 2. The molecule has 2 rings (SSSR count). The second-order valence-corrected chi connectivity index (χ2v) is 10.7. The van der Waals surface area contributed by atoms with E-state index in [-0.39, 0.29) is 10.8 Å². The first-order valence-corrected chi connectivity index (χ1v) is 10.1. The van der Waals surface area contributed by atoms with E-state index in [4.69, 9.17) is 0 Å². The number of hydrogen-bond donors (Lipinski definition) is 0. The molecule has 0 N–H and O–H groups in total. The molecule has 0 saturated carbocycles. The Bertz CT molecular complexity index is 549. The summed E-state index contributed by atoms with van der Waals surface area (Å²) in [6.07, 6.45) is 0. The zero-order chi connectivity index (χ0) is 16.5. The van der Waals surface area contributed by atoms with Gasteiger partial charge in [0.1, 0.15) is 8.80 Å². The van der Waals surface area contributed by atoms with Crippen LogP contribution in [0.1, 0.15) is 52.7 Å². The molecule has 2 aromatic carbocycles. The van der Waals surface area contributed by atoms with Gasteiger partial charge in [-0.3, -0.25) is 0 Å². The van der Waals surface area contributed by atoms with Gasteiger partial charge in [0.25, 0.3) is 0 Å². The van der Waals surface area contributed by atoms with Gasteiger partial charge in [0.2, 0.25) is 0 Å². The Hall–Kier alpha value is -1.34. The fourth-order valence-electron chi connectivity index (χ4n) is 2.61. The van der Waals surface area contributed by atoms with Crippen molar-refractivity contribution in [2.24, 2.45) is 0 Å². The van der Waals surface area contributed by atoms with Crippen molar-refractivity contribution >= 4 is 19.2 Å². The molecule has 0 atom stereocenters. The lowest BCUT2D eigenvalue weighted by Gasteiger charge is -2.21. The smallest absolute Gasteiger partial charge is 0.0628 e. The minimum absolute atomic E-state index is 0.230. The van der Waals surface area contributed by atoms with Crippen molar-refractivity contribution in [3.63, 3.8) is 0 Å². The predicted octanol–water partition coefficient (Wildman–Crippen LogP) is 4.52. The molecule has 1 heteroatoms. The predicted molar refractivity (Wildman–Crippen MR) is 101 cm³/mol. The molecule has 0 fully saturated rings. The number of benzene rings is 2. The highest BCUT2D eigenvalue weighted by atomic mass is 28.3. The molecule has 0 amide bonds. The van der Waals surface area contributed by atoms with Gasteiger partial charge in [-0.1, -0.05) is 107 Å². The summed E-state index contributed by atoms with van der Waals surface area (Å²) in [5, 5.41) is 2.98. The molecule has 0 aromatic heterocycles. The molecule has 2 aromatic rings. The molecule has 117 valence electrons. The molecule has 0 aliphatic heterocycles. The van der Waals surface area contributed by atoms with Crippen molar-refractivity contribution in [1.29, 1.82) is 0 Å². The quantitative estimate of drug-likeness (QED) is 0.716. The Morgan fingerprint density at radius 3 is 1.05 bits per heavy atom. The van der Waals surface area contributed by atoms with Crippen LogP contribution in [0.5, 0.6) is 0 Å². The summed E-state index contributed by atoms with van der Waals surface area (Å²) in [6, 6.07) is 18.5. The largest absolute Gasteiger partial charge is 0.118 e. The summed E-state index contributed by atoms with van der Waals surface area (Å²) >= 11 is 0. The van der Waals surface area contributed by atoms with Crippen molar-refractivity contribution in [1.82, 2.24) is 0 Å². The van der Waals surface area contributed by atoms with E-state index >= 15 is 0 Å². The van der Waals surface area contributed by atoms with Gasteiger partial charge in [-0.2, -0.15) is 0 Å². The maximum absolute atomic E-state index is 2.39. The molecule has 0 aliphatic carbocycles. The molecule has 1 radical (unpaired) electrons. The van der Waals surface area contributed by atoms with Crippen molar-refractivity contribution < 1.29 is 0 Å². The third-order valence-electron chi connectivity index (χ3n) is 4.37. The van der Waals surface area contributed by atoms with E-state index in [1.54, 1.807) is 0 Å². The summed E-state index contributed by atoms with van der Waals surface area (Å²) in [7, 11) is -0.668. The van der Waals surface area contributed by atoms with E-state index in [0.717, 1.165) is 0 Å². The van der Waals surface area contributed by atoms with Gasteiger partial charge in [-0.25, -0.2) is 0 Å². The third kappa shape index (κ3) is 3.89. The van der Waals surface area contributed by atoms with Crippen LogP contribution in [0.3, 0.4) is 0 Å². The Morgan fingerprint density at radius 2 is 0.818 bits per heavy atom. The van der Waals surface area contributed by atoms with E-state index in [1.807, 2.05) is 0 Å². The Balaban J connectivity index is 2.23. The summed E-state index contributed by atoms with van der Waals surface area (Å²) in [4.78, 5) is 0. The SMILES string of the molecule is C[Si](c1ccc(C(C)(C)C)cc1)c1ccc(C(C)(C)C)cc1. The van der Waals surface area contributed by atoms with Crippen LogP contribution in [-0.4, -0.2) is 8.80 Å². The molecular weight excluding hydrogens is 280 g/mol. The van der Waals surface area contributed by atoms with Crippen molar-refractivity contribution in [2.45, 2.75) is 58.9 Å². The fraction of sp³-hybridized carbons (Fsp3) is 0.429. The van der Waals surface area contributed by atoms with E-state index in [9.17, 15) is 0 Å². The van der Waals surface area contributed by atoms with Gasteiger partial charge in [-0.05, 0) is 22.0 Å². The fourth-order valence-corrected chi connectivity index (χ4v) is 4.27. The van der Waals surface area contributed by atoms with Crippen LogP contribution in [0.25, 0.3) is 0 Å². The molecule has 0 saturated heterocycles. The second kappa shape index (κ2) is 6.04. The zero-order valence-electron chi connectivity index (χ0n) is 15.1. The normalized spacial score (nSPS) is 12.7. The van der Waals surface area contributed by atoms with Gasteiger partial charge in [0.15, 0.2) is 0 Å². The van der Waals surface area contributed by atoms with Gasteiger partial charge in [0, 0.05) is 0 Å². The maximum atomic E-state index is 2.39. The highest BCUT2D eigenvalue weighted by molar-refractivity contribution is 6.84. The molecule has 0 spiro atoms. The third-order valence-corrected chi connectivity index (χ3v) is 6.77.